The summed E-state index contributed by atoms with van der Waals surface area (Å²) in [5.41, 5.74) is 1.94. The Morgan fingerprint density at radius 1 is 1.18 bits per heavy atom. The number of aromatic nitrogens is 1. The van der Waals surface area contributed by atoms with Gasteiger partial charge in [-0.05, 0) is 42.5 Å². The van der Waals surface area contributed by atoms with Crippen LogP contribution >= 0.6 is 0 Å². The van der Waals surface area contributed by atoms with Crippen molar-refractivity contribution in [3.63, 3.8) is 0 Å². The number of H-pyrrole nitrogens is 1. The zero-order valence-electron chi connectivity index (χ0n) is 11.6. The number of nitrogens with one attached hydrogen (secondary N) is 2. The predicted octanol–water partition coefficient (Wildman–Crippen LogP) is 2.11. The molecule has 22 heavy (non-hydrogen) atoms. The van der Waals surface area contributed by atoms with Crippen LogP contribution in [0, 0.1) is 0 Å². The van der Waals surface area contributed by atoms with Crippen molar-refractivity contribution < 1.29 is 13.4 Å². The molecule has 0 fully saturated rings. The molecule has 1 amide bonds. The molecule has 0 unspecified atom stereocenters. The summed E-state index contributed by atoms with van der Waals surface area (Å²) in [5, 5.41) is 2.73. The van der Waals surface area contributed by atoms with E-state index in [1.54, 1.807) is 48.7 Å². The fourth-order valence-electron chi connectivity index (χ4n) is 2.03. The van der Waals surface area contributed by atoms with E-state index in [9.17, 15) is 13.8 Å². The van der Waals surface area contributed by atoms with E-state index in [-0.39, 0.29) is 5.91 Å². The first-order chi connectivity index (χ1) is 10.5. The minimum atomic E-state index is -1.08. The monoisotopic (exact) mass is 316 g/mol. The molecule has 1 aromatic heterocycles. The Labute approximate surface area is 127 Å². The first kappa shape index (κ1) is 14.3. The van der Waals surface area contributed by atoms with E-state index in [4.69, 9.17) is 4.42 Å². The highest BCUT2D eigenvalue weighted by molar-refractivity contribution is 7.84. The second-order valence-electron chi connectivity index (χ2n) is 4.66. The van der Waals surface area contributed by atoms with Crippen molar-refractivity contribution in [1.29, 1.82) is 0 Å². The van der Waals surface area contributed by atoms with E-state index < -0.39 is 16.6 Å². The van der Waals surface area contributed by atoms with Crippen molar-refractivity contribution >= 4 is 33.5 Å². The van der Waals surface area contributed by atoms with Gasteiger partial charge in [-0.1, -0.05) is 0 Å². The van der Waals surface area contributed by atoms with Crippen LogP contribution in [0.15, 0.2) is 56.6 Å². The molecule has 2 aromatic carbocycles. The molecule has 0 bridgehead atoms. The number of amides is 1. The van der Waals surface area contributed by atoms with Gasteiger partial charge in [0.2, 0.25) is 0 Å². The molecule has 0 aliphatic rings. The van der Waals surface area contributed by atoms with Gasteiger partial charge in [0.1, 0.15) is 0 Å². The largest absolute Gasteiger partial charge is 0.417 e. The summed E-state index contributed by atoms with van der Waals surface area (Å²) in [6, 6.07) is 11.4. The van der Waals surface area contributed by atoms with E-state index >= 15 is 0 Å². The zero-order chi connectivity index (χ0) is 15.7. The number of rotatable bonds is 3. The van der Waals surface area contributed by atoms with Gasteiger partial charge >= 0.3 is 5.76 Å². The zero-order valence-corrected chi connectivity index (χ0v) is 12.4. The number of aromatic amines is 1. The Hall–Kier alpha value is -2.67. The third-order valence-corrected chi connectivity index (χ3v) is 4.06. The van der Waals surface area contributed by atoms with E-state index in [0.29, 0.717) is 27.2 Å². The van der Waals surface area contributed by atoms with Crippen molar-refractivity contribution in [1.82, 2.24) is 4.98 Å². The van der Waals surface area contributed by atoms with Gasteiger partial charge in [0, 0.05) is 33.2 Å². The van der Waals surface area contributed by atoms with Gasteiger partial charge < -0.3 is 9.73 Å². The molecule has 1 atom stereocenters. The van der Waals surface area contributed by atoms with Crippen LogP contribution < -0.4 is 11.1 Å². The first-order valence-corrected chi connectivity index (χ1v) is 7.96. The summed E-state index contributed by atoms with van der Waals surface area (Å²) in [6.45, 7) is 0. The predicted molar refractivity (Wildman–Crippen MR) is 83.6 cm³/mol. The molecule has 6 nitrogen and oxygen atoms in total. The fourth-order valence-corrected chi connectivity index (χ4v) is 2.55. The summed E-state index contributed by atoms with van der Waals surface area (Å²) in [4.78, 5) is 26.4. The van der Waals surface area contributed by atoms with Gasteiger partial charge in [-0.15, -0.1) is 0 Å². The number of hydrogen-bond donors (Lipinski definition) is 2. The smallest absolute Gasteiger partial charge is 0.408 e. The molecule has 2 N–H and O–H groups in total. The van der Waals surface area contributed by atoms with Crippen molar-refractivity contribution in [3.8, 4) is 0 Å². The van der Waals surface area contributed by atoms with Crippen LogP contribution in [0.2, 0.25) is 0 Å². The number of hydrogen-bond acceptors (Lipinski definition) is 4. The summed E-state index contributed by atoms with van der Waals surface area (Å²) in [7, 11) is -1.08. The molecule has 0 radical (unpaired) electrons. The quantitative estimate of drug-likeness (QED) is 0.774. The van der Waals surface area contributed by atoms with E-state index in [1.165, 1.54) is 0 Å². The molecule has 112 valence electrons. The van der Waals surface area contributed by atoms with Crippen LogP contribution in [0.25, 0.3) is 11.1 Å². The van der Waals surface area contributed by atoms with Gasteiger partial charge in [0.25, 0.3) is 5.91 Å². The molecule has 3 aromatic rings. The van der Waals surface area contributed by atoms with Gasteiger partial charge in [-0.3, -0.25) is 14.0 Å². The van der Waals surface area contributed by atoms with Crippen molar-refractivity contribution in [2.24, 2.45) is 0 Å². The fraction of sp³-hybridized carbons (Fsp3) is 0.0667. The lowest BCUT2D eigenvalue weighted by Crippen LogP contribution is -2.11. The van der Waals surface area contributed by atoms with Crippen LogP contribution in [0.4, 0.5) is 5.69 Å². The van der Waals surface area contributed by atoms with Crippen molar-refractivity contribution in [3.05, 3.63) is 58.6 Å². The Morgan fingerprint density at radius 3 is 2.59 bits per heavy atom. The second kappa shape index (κ2) is 5.61. The maximum absolute atomic E-state index is 12.2. The van der Waals surface area contributed by atoms with Crippen molar-refractivity contribution in [2.75, 3.05) is 11.6 Å². The first-order valence-electron chi connectivity index (χ1n) is 6.40. The molecule has 7 heteroatoms. The number of fused-ring (bicyclic) bond motifs is 1. The maximum atomic E-state index is 12.2. The summed E-state index contributed by atoms with van der Waals surface area (Å²) in [5.74, 6) is -0.833. The average Bonchev–Trinajstić information content (AvgIpc) is 2.86. The number of benzene rings is 2. The molecule has 0 aliphatic carbocycles. The van der Waals surface area contributed by atoms with E-state index in [2.05, 4.69) is 10.3 Å². The second-order valence-corrected chi connectivity index (χ2v) is 6.04. The van der Waals surface area contributed by atoms with Gasteiger partial charge in [-0.2, -0.15) is 0 Å². The number of carbonyl (C=O) groups is 1. The van der Waals surface area contributed by atoms with Crippen LogP contribution in [-0.2, 0) is 10.8 Å². The Kier molecular flexibility index (Phi) is 3.64. The molecular weight excluding hydrogens is 304 g/mol. The van der Waals surface area contributed by atoms with Gasteiger partial charge in [0.05, 0.1) is 5.52 Å². The van der Waals surface area contributed by atoms with Gasteiger partial charge in [-0.25, -0.2) is 4.79 Å². The normalized spacial score (nSPS) is 12.2. The lowest BCUT2D eigenvalue weighted by Gasteiger charge is -2.05. The Morgan fingerprint density at radius 2 is 1.91 bits per heavy atom. The third-order valence-electron chi connectivity index (χ3n) is 3.13. The highest BCUT2D eigenvalue weighted by atomic mass is 32.2. The summed E-state index contributed by atoms with van der Waals surface area (Å²) >= 11 is 0. The van der Waals surface area contributed by atoms with E-state index in [0.717, 1.165) is 0 Å². The highest BCUT2D eigenvalue weighted by Crippen LogP contribution is 2.17. The molecule has 3 rings (SSSR count). The highest BCUT2D eigenvalue weighted by Gasteiger charge is 2.08. The molecular formula is C15H12N2O4S. The Balaban J connectivity index is 1.82. The van der Waals surface area contributed by atoms with Crippen LogP contribution in [0.5, 0.6) is 0 Å². The topological polar surface area (TPSA) is 92.2 Å². The maximum Gasteiger partial charge on any atom is 0.417 e. The lowest BCUT2D eigenvalue weighted by atomic mass is 10.2. The molecule has 0 saturated heterocycles. The van der Waals surface area contributed by atoms with Crippen LogP contribution in [-0.4, -0.2) is 21.4 Å². The SMILES string of the molecule is C[S@](=O)c1ccc(C(=O)Nc2ccc3oc(=O)[nH]c3c2)cc1. The summed E-state index contributed by atoms with van der Waals surface area (Å²) in [6.07, 6.45) is 1.58. The number of anilines is 1. The summed E-state index contributed by atoms with van der Waals surface area (Å²) < 4.78 is 16.2. The average molecular weight is 316 g/mol. The molecule has 0 saturated carbocycles. The number of oxazole rings is 1. The molecule has 1 heterocycles. The van der Waals surface area contributed by atoms with Crippen molar-refractivity contribution in [2.45, 2.75) is 4.90 Å². The Bertz CT molecular complexity index is 925. The standard InChI is InChI=1S/C15H12N2O4S/c1-22(20)11-5-2-9(3-6-11)14(18)16-10-4-7-13-12(8-10)17-15(19)21-13/h2-8H,1H3,(H,16,18)(H,17,19)/t22-/m0/s1. The van der Waals surface area contributed by atoms with E-state index in [1.807, 2.05) is 0 Å². The number of carbonyl (C=O) groups excluding carboxylic acids is 1. The lowest BCUT2D eigenvalue weighted by molar-refractivity contribution is 0.102. The minimum absolute atomic E-state index is 0.293. The molecule has 0 aliphatic heterocycles. The third kappa shape index (κ3) is 2.84. The van der Waals surface area contributed by atoms with Gasteiger partial charge in [0.15, 0.2) is 5.58 Å². The minimum Gasteiger partial charge on any atom is -0.408 e. The van der Waals surface area contributed by atoms with Crippen LogP contribution in [0.3, 0.4) is 0 Å². The van der Waals surface area contributed by atoms with Crippen LogP contribution in [0.1, 0.15) is 10.4 Å². The molecule has 0 spiro atoms.